The predicted octanol–water partition coefficient (Wildman–Crippen LogP) is 5.25. The van der Waals surface area contributed by atoms with Crippen LogP contribution in [-0.2, 0) is 11.8 Å². The normalized spacial score (nSPS) is 13.9. The molecule has 3 aromatic rings. The van der Waals surface area contributed by atoms with Crippen LogP contribution >= 0.6 is 0 Å². The highest BCUT2D eigenvalue weighted by Crippen LogP contribution is 2.33. The number of anilines is 1. The number of likely N-dealkylation sites (N-methyl/N-ethyl adjacent to an activating group) is 1. The van der Waals surface area contributed by atoms with Crippen molar-refractivity contribution in [3.8, 4) is 11.6 Å². The number of hydrogen-bond donors (Lipinski definition) is 2. The lowest BCUT2D eigenvalue weighted by atomic mass is 9.84. The van der Waals surface area contributed by atoms with Gasteiger partial charge in [-0.2, -0.15) is 4.98 Å². The molecule has 1 amide bonds. The molecule has 0 spiro atoms. The van der Waals surface area contributed by atoms with Gasteiger partial charge in [0.2, 0.25) is 11.8 Å². The quantitative estimate of drug-likeness (QED) is 0.390. The lowest BCUT2D eigenvalue weighted by Crippen LogP contribution is -2.26. The van der Waals surface area contributed by atoms with Crippen molar-refractivity contribution in [1.82, 2.24) is 24.8 Å². The van der Waals surface area contributed by atoms with Crippen LogP contribution in [-0.4, -0.2) is 59.6 Å². The van der Waals surface area contributed by atoms with E-state index in [1.54, 1.807) is 19.4 Å². The van der Waals surface area contributed by atoms with Crippen LogP contribution in [0.2, 0.25) is 0 Å². The first kappa shape index (κ1) is 27.9. The molecule has 0 radical (unpaired) electrons. The third-order valence-corrected chi connectivity index (χ3v) is 6.56. The van der Waals surface area contributed by atoms with Crippen LogP contribution in [0.15, 0.2) is 71.8 Å². The Morgan fingerprint density at radius 2 is 2.00 bits per heavy atom. The second-order valence-corrected chi connectivity index (χ2v) is 10.8. The lowest BCUT2D eigenvalue weighted by Gasteiger charge is -2.22. The number of methoxy groups -OCH3 is 1. The van der Waals surface area contributed by atoms with Gasteiger partial charge in [0.05, 0.1) is 18.3 Å². The van der Waals surface area contributed by atoms with Gasteiger partial charge in [-0.15, -0.1) is 0 Å². The van der Waals surface area contributed by atoms with E-state index in [0.717, 1.165) is 23.9 Å². The average Bonchev–Trinajstić information content (AvgIpc) is 3.08. The maximum Gasteiger partial charge on any atom is 0.272 e. The zero-order valence-corrected chi connectivity index (χ0v) is 23.8. The molecular formula is C30H38N6O3. The fraction of sp³-hybridized carbons (Fsp3) is 0.367. The van der Waals surface area contributed by atoms with E-state index >= 15 is 0 Å². The summed E-state index contributed by atoms with van der Waals surface area (Å²) in [5.41, 5.74) is 3.08. The van der Waals surface area contributed by atoms with Crippen molar-refractivity contribution in [3.05, 3.63) is 77.5 Å². The van der Waals surface area contributed by atoms with Gasteiger partial charge in [-0.05, 0) is 50.2 Å². The molecule has 0 aliphatic heterocycles. The molecule has 4 rings (SSSR count). The molecule has 0 fully saturated rings. The number of nitrogens with one attached hydrogen (secondary N) is 2. The Morgan fingerprint density at radius 3 is 2.72 bits per heavy atom. The standard InChI is InChI=1S/C30H38N6O3/c1-30(2,3)21-11-9-12-24(38-7)22(19-21)33-28(37)23-18-20-10-8-13-25(27(20)36(23)6)39-26-14-15-31-29(34-26)32-16-17-35(4)5/h8-10,12-15,18-19H,11,16-17H2,1-7H3,(H,33,37)(H,31,32,34). The number of allylic oxidation sites excluding steroid dienone is 4. The van der Waals surface area contributed by atoms with Gasteiger partial charge >= 0.3 is 0 Å². The minimum absolute atomic E-state index is 0.0435. The van der Waals surface area contributed by atoms with Crippen LogP contribution in [0.3, 0.4) is 0 Å². The van der Waals surface area contributed by atoms with Crippen LogP contribution in [0.1, 0.15) is 37.7 Å². The molecule has 2 heterocycles. The lowest BCUT2D eigenvalue weighted by molar-refractivity contribution is 0.0957. The van der Waals surface area contributed by atoms with E-state index in [0.29, 0.717) is 41.3 Å². The fourth-order valence-electron chi connectivity index (χ4n) is 4.34. The summed E-state index contributed by atoms with van der Waals surface area (Å²) in [4.78, 5) is 24.4. The van der Waals surface area contributed by atoms with E-state index < -0.39 is 0 Å². The number of benzene rings is 1. The highest BCUT2D eigenvalue weighted by Gasteiger charge is 2.22. The van der Waals surface area contributed by atoms with Gasteiger partial charge in [-0.3, -0.25) is 4.79 Å². The Morgan fingerprint density at radius 1 is 1.21 bits per heavy atom. The summed E-state index contributed by atoms with van der Waals surface area (Å²) in [7, 11) is 7.49. The number of para-hydroxylation sites is 1. The van der Waals surface area contributed by atoms with Crippen LogP contribution in [0.5, 0.6) is 11.6 Å². The van der Waals surface area contributed by atoms with Crippen molar-refractivity contribution in [1.29, 1.82) is 0 Å². The van der Waals surface area contributed by atoms with Crippen molar-refractivity contribution in [2.75, 3.05) is 39.6 Å². The van der Waals surface area contributed by atoms with Gasteiger partial charge in [-0.25, -0.2) is 4.98 Å². The number of carbonyl (C=O) groups is 1. The van der Waals surface area contributed by atoms with E-state index in [1.807, 2.05) is 62.1 Å². The summed E-state index contributed by atoms with van der Waals surface area (Å²) in [6.07, 6.45) is 8.44. The monoisotopic (exact) mass is 530 g/mol. The summed E-state index contributed by atoms with van der Waals surface area (Å²) in [6.45, 7) is 8.06. The summed E-state index contributed by atoms with van der Waals surface area (Å²) in [5, 5.41) is 7.17. The molecule has 0 saturated heterocycles. The minimum Gasteiger partial charge on any atom is -0.495 e. The fourth-order valence-corrected chi connectivity index (χ4v) is 4.34. The second kappa shape index (κ2) is 11.7. The number of carbonyl (C=O) groups excluding carboxylic acids is 1. The SMILES string of the molecule is COC1=C(NC(=O)c2cc3cccc(Oc4ccnc(NCCN(C)C)n4)c3n2C)C=C(C(C)(C)C)CC=C1. The second-order valence-electron chi connectivity index (χ2n) is 10.8. The third-order valence-electron chi connectivity index (χ3n) is 6.56. The number of rotatable bonds is 9. The molecule has 39 heavy (non-hydrogen) atoms. The van der Waals surface area contributed by atoms with E-state index in [9.17, 15) is 4.79 Å². The van der Waals surface area contributed by atoms with Gasteiger partial charge in [0.25, 0.3) is 5.91 Å². The van der Waals surface area contributed by atoms with E-state index in [1.165, 1.54) is 5.57 Å². The Kier molecular flexibility index (Phi) is 8.40. The molecule has 1 aliphatic carbocycles. The van der Waals surface area contributed by atoms with Gasteiger partial charge in [0.15, 0.2) is 5.75 Å². The van der Waals surface area contributed by atoms with Crippen molar-refractivity contribution in [2.24, 2.45) is 12.5 Å². The minimum atomic E-state index is -0.238. The Labute approximate surface area is 230 Å². The molecule has 9 nitrogen and oxygen atoms in total. The molecule has 2 aromatic heterocycles. The molecule has 0 saturated carbocycles. The Balaban J connectivity index is 1.61. The van der Waals surface area contributed by atoms with Gasteiger partial charge in [0.1, 0.15) is 11.5 Å². The number of nitrogens with zero attached hydrogens (tertiary/aromatic N) is 4. The zero-order valence-electron chi connectivity index (χ0n) is 23.8. The van der Waals surface area contributed by atoms with E-state index in [2.05, 4.69) is 52.3 Å². The van der Waals surface area contributed by atoms with Gasteiger partial charge in [0, 0.05) is 37.8 Å². The topological polar surface area (TPSA) is 93.5 Å². The summed E-state index contributed by atoms with van der Waals surface area (Å²) < 4.78 is 13.6. The van der Waals surface area contributed by atoms with Gasteiger partial charge in [-0.1, -0.05) is 44.6 Å². The molecule has 0 unspecified atom stereocenters. The zero-order chi connectivity index (χ0) is 28.2. The van der Waals surface area contributed by atoms with Crippen LogP contribution < -0.4 is 15.4 Å². The van der Waals surface area contributed by atoms with Crippen molar-refractivity contribution < 1.29 is 14.3 Å². The summed E-state index contributed by atoms with van der Waals surface area (Å²) in [5.74, 6) is 1.88. The highest BCUT2D eigenvalue weighted by molar-refractivity contribution is 6.01. The first-order valence-corrected chi connectivity index (χ1v) is 13.0. The molecule has 206 valence electrons. The summed E-state index contributed by atoms with van der Waals surface area (Å²) in [6, 6.07) is 9.30. The average molecular weight is 531 g/mol. The maximum atomic E-state index is 13.5. The van der Waals surface area contributed by atoms with Crippen LogP contribution in [0.4, 0.5) is 5.95 Å². The highest BCUT2D eigenvalue weighted by atomic mass is 16.5. The Bertz CT molecular complexity index is 1440. The number of aromatic nitrogens is 3. The molecule has 2 N–H and O–H groups in total. The number of amides is 1. The van der Waals surface area contributed by atoms with Gasteiger partial charge < -0.3 is 29.6 Å². The molecule has 0 atom stereocenters. The Hall–Kier alpha value is -4.11. The molecule has 1 aliphatic rings. The van der Waals surface area contributed by atoms with Crippen LogP contribution in [0.25, 0.3) is 10.9 Å². The molecular weight excluding hydrogens is 492 g/mol. The third kappa shape index (κ3) is 6.67. The predicted molar refractivity (Wildman–Crippen MR) is 155 cm³/mol. The largest absolute Gasteiger partial charge is 0.495 e. The maximum absolute atomic E-state index is 13.5. The number of aryl methyl sites for hydroxylation is 1. The first-order chi connectivity index (χ1) is 18.6. The smallest absolute Gasteiger partial charge is 0.272 e. The van der Waals surface area contributed by atoms with Crippen molar-refractivity contribution in [3.63, 3.8) is 0 Å². The first-order valence-electron chi connectivity index (χ1n) is 13.0. The summed E-state index contributed by atoms with van der Waals surface area (Å²) >= 11 is 0. The molecule has 1 aromatic carbocycles. The molecule has 9 heteroatoms. The number of hydrogen-bond acceptors (Lipinski definition) is 7. The molecule has 0 bridgehead atoms. The van der Waals surface area contributed by atoms with E-state index in [-0.39, 0.29) is 11.3 Å². The van der Waals surface area contributed by atoms with Crippen LogP contribution in [0, 0.1) is 5.41 Å². The van der Waals surface area contributed by atoms with Crippen molar-refractivity contribution >= 4 is 22.8 Å². The van der Waals surface area contributed by atoms with E-state index in [4.69, 9.17) is 9.47 Å². The number of fused-ring (bicyclic) bond motifs is 1. The van der Waals surface area contributed by atoms with Crippen molar-refractivity contribution in [2.45, 2.75) is 27.2 Å². The number of ether oxygens (including phenoxy) is 2.